The van der Waals surface area contributed by atoms with E-state index >= 15 is 0 Å². The smallest absolute Gasteiger partial charge is 0.235 e. The Hall–Kier alpha value is -4.24. The average Bonchev–Trinajstić information content (AvgIpc) is 2.93. The van der Waals surface area contributed by atoms with Gasteiger partial charge in [0.25, 0.3) is 0 Å². The summed E-state index contributed by atoms with van der Waals surface area (Å²) in [7, 11) is 3.10. The van der Waals surface area contributed by atoms with Crippen molar-refractivity contribution in [2.75, 3.05) is 20.6 Å². The minimum Gasteiger partial charge on any atom is -0.507 e. The zero-order chi connectivity index (χ0) is 30.5. The number of rotatable bonds is 7. The van der Waals surface area contributed by atoms with Crippen molar-refractivity contribution in [3.8, 4) is 22.9 Å². The predicted molar refractivity (Wildman–Crippen MR) is 149 cm³/mol. The van der Waals surface area contributed by atoms with Crippen LogP contribution in [0.25, 0.3) is 11.1 Å². The van der Waals surface area contributed by atoms with Gasteiger partial charge in [0.15, 0.2) is 34.7 Å². The molecule has 5 rings (SSSR count). The summed E-state index contributed by atoms with van der Waals surface area (Å²) in [4.78, 5) is 68.1. The van der Waals surface area contributed by atoms with Crippen molar-refractivity contribution in [1.82, 2.24) is 10.2 Å². The van der Waals surface area contributed by atoms with E-state index in [1.54, 1.807) is 20.2 Å². The Bertz CT molecular complexity index is 1540. The Kier molecular flexibility index (Phi) is 7.57. The Morgan fingerprint density at radius 3 is 2.43 bits per heavy atom. The summed E-state index contributed by atoms with van der Waals surface area (Å²) in [6.07, 6.45) is 0.581. The van der Waals surface area contributed by atoms with Gasteiger partial charge in [0.2, 0.25) is 5.91 Å². The van der Waals surface area contributed by atoms with Crippen LogP contribution < -0.4 is 11.1 Å². The van der Waals surface area contributed by atoms with Crippen molar-refractivity contribution in [1.29, 1.82) is 5.26 Å². The molecule has 5 N–H and O–H groups in total. The molecule has 1 amide bonds. The van der Waals surface area contributed by atoms with E-state index in [4.69, 9.17) is 11.0 Å². The molecule has 0 saturated heterocycles. The maximum Gasteiger partial charge on any atom is 0.235 e. The highest BCUT2D eigenvalue weighted by Crippen LogP contribution is 2.51. The first-order chi connectivity index (χ1) is 19.9. The van der Waals surface area contributed by atoms with Gasteiger partial charge in [-0.1, -0.05) is 30.3 Å². The van der Waals surface area contributed by atoms with Gasteiger partial charge >= 0.3 is 0 Å². The molecule has 0 radical (unpaired) electrons. The second-order valence-electron chi connectivity index (χ2n) is 11.6. The number of primary amides is 1. The Morgan fingerprint density at radius 1 is 1.12 bits per heavy atom. The molecule has 3 aliphatic rings. The number of aliphatic hydroxyl groups is 1. The number of amides is 1. The molecule has 0 spiro atoms. The van der Waals surface area contributed by atoms with Gasteiger partial charge in [-0.05, 0) is 61.2 Å². The molecular formula is C31H32N4O7. The number of Topliss-reactive ketones (excluding diaryl/α,β-unsaturated/α-hetero) is 4. The number of hydrogen-bond acceptors (Lipinski definition) is 10. The van der Waals surface area contributed by atoms with Crippen molar-refractivity contribution < 1.29 is 34.2 Å². The van der Waals surface area contributed by atoms with E-state index in [1.807, 2.05) is 24.3 Å². The van der Waals surface area contributed by atoms with Crippen LogP contribution in [0.4, 0.5) is 0 Å². The molecule has 2 fully saturated rings. The molecule has 0 aliphatic heterocycles. The lowest BCUT2D eigenvalue weighted by atomic mass is 9.52. The third kappa shape index (κ3) is 4.43. The van der Waals surface area contributed by atoms with Crippen molar-refractivity contribution in [2.24, 2.45) is 29.4 Å². The molecule has 2 saturated carbocycles. The second-order valence-corrected chi connectivity index (χ2v) is 11.6. The van der Waals surface area contributed by atoms with Crippen LogP contribution in [-0.4, -0.2) is 76.4 Å². The van der Waals surface area contributed by atoms with Gasteiger partial charge in [0.05, 0.1) is 23.6 Å². The van der Waals surface area contributed by atoms with Crippen LogP contribution >= 0.6 is 0 Å². The van der Waals surface area contributed by atoms with Crippen molar-refractivity contribution >= 4 is 29.0 Å². The van der Waals surface area contributed by atoms with Crippen LogP contribution in [0.3, 0.4) is 0 Å². The van der Waals surface area contributed by atoms with E-state index < -0.39 is 64.4 Å². The number of ketones is 4. The fourth-order valence-corrected chi connectivity index (χ4v) is 7.05. The van der Waals surface area contributed by atoms with Gasteiger partial charge in [-0.3, -0.25) is 28.9 Å². The number of benzene rings is 2. The molecule has 3 aliphatic carbocycles. The lowest BCUT2D eigenvalue weighted by Gasteiger charge is -2.52. The zero-order valence-corrected chi connectivity index (χ0v) is 23.3. The lowest BCUT2D eigenvalue weighted by Crippen LogP contribution is -2.74. The number of aromatic hydroxyl groups is 1. The molecular weight excluding hydrogens is 540 g/mol. The van der Waals surface area contributed by atoms with E-state index in [0.717, 1.165) is 11.1 Å². The number of nitriles is 1. The number of likely N-dealkylation sites (N-methyl/N-ethyl adjacent to an activating group) is 1. The first-order valence-corrected chi connectivity index (χ1v) is 13.8. The molecule has 2 aromatic carbocycles. The SMILES string of the molecule is CN(C)C1C(=O)C(C(N)=O)C(=O)[C@@]2(O)C(=O)C3C(=O)c4c(O)ccc(-c5ccc(CNCCC#N)cc5)c4C[C@H]3C[C@@H]12. The highest BCUT2D eigenvalue weighted by Gasteiger charge is 2.69. The fourth-order valence-electron chi connectivity index (χ4n) is 7.05. The molecule has 42 heavy (non-hydrogen) atoms. The molecule has 3 unspecified atom stereocenters. The first-order valence-electron chi connectivity index (χ1n) is 13.8. The standard InChI is InChI=1S/C31H32N4O7/c1-35(2)25-20-13-17-12-19-18(16-6-4-15(5-7-16)14-34-11-3-10-32)8-9-21(36)23(19)26(37)22(17)28(39)31(20,42)29(40)24(27(25)38)30(33)41/h4-9,17,20,22,24-25,34,36,42H,3,11-14H2,1-2H3,(H2,33,41)/t17-,20-,22?,24?,25?,31-/m0/s1. The summed E-state index contributed by atoms with van der Waals surface area (Å²) < 4.78 is 0. The summed E-state index contributed by atoms with van der Waals surface area (Å²) >= 11 is 0. The lowest BCUT2D eigenvalue weighted by molar-refractivity contribution is -0.181. The Morgan fingerprint density at radius 2 is 1.81 bits per heavy atom. The van der Waals surface area contributed by atoms with E-state index in [-0.39, 0.29) is 24.2 Å². The summed E-state index contributed by atoms with van der Waals surface area (Å²) in [6.45, 7) is 1.14. The van der Waals surface area contributed by atoms with Gasteiger partial charge in [-0.2, -0.15) is 5.26 Å². The molecule has 218 valence electrons. The third-order valence-electron chi connectivity index (χ3n) is 8.95. The van der Waals surface area contributed by atoms with E-state index in [2.05, 4.69) is 11.4 Å². The topological polar surface area (TPSA) is 191 Å². The quantitative estimate of drug-likeness (QED) is 0.269. The van der Waals surface area contributed by atoms with Crippen molar-refractivity contribution in [2.45, 2.75) is 37.5 Å². The van der Waals surface area contributed by atoms with Gasteiger partial charge in [-0.15, -0.1) is 0 Å². The summed E-state index contributed by atoms with van der Waals surface area (Å²) in [6, 6.07) is 11.6. The molecule has 11 heteroatoms. The third-order valence-corrected chi connectivity index (χ3v) is 8.95. The zero-order valence-electron chi connectivity index (χ0n) is 23.3. The number of nitrogens with zero attached hydrogens (tertiary/aromatic N) is 2. The van der Waals surface area contributed by atoms with Gasteiger partial charge in [0, 0.05) is 25.4 Å². The monoisotopic (exact) mass is 572 g/mol. The molecule has 11 nitrogen and oxygen atoms in total. The number of phenolic OH excluding ortho intramolecular Hbond substituents is 1. The van der Waals surface area contributed by atoms with Crippen molar-refractivity contribution in [3.63, 3.8) is 0 Å². The minimum absolute atomic E-state index is 0.00764. The number of carbonyl (C=O) groups is 5. The van der Waals surface area contributed by atoms with Gasteiger partial charge in [0.1, 0.15) is 5.75 Å². The molecule has 0 bridgehead atoms. The number of nitrogens with one attached hydrogen (secondary N) is 1. The number of fused-ring (bicyclic) bond motifs is 3. The number of nitrogens with two attached hydrogens (primary N) is 1. The van der Waals surface area contributed by atoms with Crippen LogP contribution in [0.15, 0.2) is 36.4 Å². The highest BCUT2D eigenvalue weighted by atomic mass is 16.3. The van der Waals surface area contributed by atoms with Gasteiger partial charge < -0.3 is 21.3 Å². The number of hydrogen-bond donors (Lipinski definition) is 4. The van der Waals surface area contributed by atoms with E-state index in [9.17, 15) is 34.2 Å². The summed E-state index contributed by atoms with van der Waals surface area (Å²) in [5.41, 5.74) is 5.59. The Labute approximate surface area is 242 Å². The maximum atomic E-state index is 13.9. The van der Waals surface area contributed by atoms with Crippen molar-refractivity contribution in [3.05, 3.63) is 53.1 Å². The van der Waals surface area contributed by atoms with E-state index in [0.29, 0.717) is 30.6 Å². The Balaban J connectivity index is 1.54. The second kappa shape index (κ2) is 10.9. The van der Waals surface area contributed by atoms with Crippen LogP contribution in [0.1, 0.15) is 34.3 Å². The normalized spacial score (nSPS) is 28.6. The van der Waals surface area contributed by atoms with Gasteiger partial charge in [-0.25, -0.2) is 0 Å². The van der Waals surface area contributed by atoms with E-state index in [1.165, 1.54) is 11.0 Å². The predicted octanol–water partition coefficient (Wildman–Crippen LogP) is 0.537. The number of carbonyl (C=O) groups excluding carboxylic acids is 5. The average molecular weight is 573 g/mol. The van der Waals surface area contributed by atoms with Crippen LogP contribution in [0.5, 0.6) is 5.75 Å². The maximum absolute atomic E-state index is 13.9. The molecule has 2 aromatic rings. The molecule has 0 heterocycles. The van der Waals surface area contributed by atoms with Crippen LogP contribution in [0, 0.1) is 35.0 Å². The van der Waals surface area contributed by atoms with Crippen LogP contribution in [-0.2, 0) is 32.1 Å². The van der Waals surface area contributed by atoms with Crippen LogP contribution in [0.2, 0.25) is 0 Å². The first kappa shape index (κ1) is 29.3. The number of phenols is 1. The minimum atomic E-state index is -2.75. The highest BCUT2D eigenvalue weighted by molar-refractivity contribution is 6.32. The largest absolute Gasteiger partial charge is 0.507 e. The molecule has 0 aromatic heterocycles. The summed E-state index contributed by atoms with van der Waals surface area (Å²) in [5, 5.41) is 34.3. The fraction of sp³-hybridized carbons (Fsp3) is 0.419. The molecule has 6 atom stereocenters. The summed E-state index contributed by atoms with van der Waals surface area (Å²) in [5.74, 6) is -10.7.